The molecule has 0 aliphatic heterocycles. The molecule has 1 N–H and O–H groups in total. The highest BCUT2D eigenvalue weighted by atomic mass is 35.5. The van der Waals surface area contributed by atoms with Crippen molar-refractivity contribution in [1.82, 2.24) is 10.2 Å². The monoisotopic (exact) mass is 170 g/mol. The summed E-state index contributed by atoms with van der Waals surface area (Å²) in [4.78, 5) is 0. The van der Waals surface area contributed by atoms with Crippen LogP contribution in [-0.4, -0.2) is 10.2 Å². The Kier molecular flexibility index (Phi) is 1.32. The molecule has 2 aromatic rings. The van der Waals surface area contributed by atoms with Gasteiger partial charge in [-0.05, 0) is 12.1 Å². The second-order valence-electron chi connectivity index (χ2n) is 2.20. The largest absolute Gasteiger partial charge is 0.276 e. The summed E-state index contributed by atoms with van der Waals surface area (Å²) in [6.07, 6.45) is 1.60. The van der Waals surface area contributed by atoms with Crippen LogP contribution in [0.5, 0.6) is 0 Å². The smallest absolute Gasteiger partial charge is 0.144 e. The molecule has 0 aliphatic carbocycles. The minimum absolute atomic E-state index is 0.0972. The second kappa shape index (κ2) is 2.20. The molecule has 0 fully saturated rings. The summed E-state index contributed by atoms with van der Waals surface area (Å²) in [6.45, 7) is 0. The van der Waals surface area contributed by atoms with Gasteiger partial charge in [-0.15, -0.1) is 0 Å². The van der Waals surface area contributed by atoms with Gasteiger partial charge in [0.05, 0.1) is 11.7 Å². The Balaban J connectivity index is 2.93. The van der Waals surface area contributed by atoms with Gasteiger partial charge in [-0.25, -0.2) is 4.39 Å². The predicted molar refractivity (Wildman–Crippen MR) is 41.1 cm³/mol. The fraction of sp³-hybridized carbons (Fsp3) is 0. The van der Waals surface area contributed by atoms with Crippen molar-refractivity contribution >= 4 is 22.5 Å². The third kappa shape index (κ3) is 0.886. The van der Waals surface area contributed by atoms with E-state index in [2.05, 4.69) is 10.2 Å². The summed E-state index contributed by atoms with van der Waals surface area (Å²) < 4.78 is 12.7. The molecule has 0 spiro atoms. The SMILES string of the molecule is Fc1ccc2cn[nH]c2c1Cl. The summed E-state index contributed by atoms with van der Waals surface area (Å²) in [7, 11) is 0. The molecule has 11 heavy (non-hydrogen) atoms. The lowest BCUT2D eigenvalue weighted by atomic mass is 10.2. The first-order chi connectivity index (χ1) is 5.29. The molecule has 2 rings (SSSR count). The molecule has 1 heterocycles. The average Bonchev–Trinajstić information content (AvgIpc) is 2.45. The molecular formula is C7H4ClFN2. The fourth-order valence-electron chi connectivity index (χ4n) is 0.953. The van der Waals surface area contributed by atoms with Gasteiger partial charge in [0, 0.05) is 5.39 Å². The van der Waals surface area contributed by atoms with E-state index in [0.29, 0.717) is 5.52 Å². The molecule has 1 aromatic heterocycles. The fourth-order valence-corrected chi connectivity index (χ4v) is 1.17. The van der Waals surface area contributed by atoms with Crippen molar-refractivity contribution in [3.05, 3.63) is 29.2 Å². The van der Waals surface area contributed by atoms with Gasteiger partial charge in [0.15, 0.2) is 0 Å². The first-order valence-electron chi connectivity index (χ1n) is 3.06. The van der Waals surface area contributed by atoms with Gasteiger partial charge in [0.1, 0.15) is 10.8 Å². The maximum Gasteiger partial charge on any atom is 0.144 e. The molecular weight excluding hydrogens is 167 g/mol. The first-order valence-corrected chi connectivity index (χ1v) is 3.44. The number of aromatic nitrogens is 2. The Labute approximate surface area is 67.0 Å². The van der Waals surface area contributed by atoms with E-state index in [1.165, 1.54) is 6.07 Å². The van der Waals surface area contributed by atoms with E-state index in [1.807, 2.05) is 0 Å². The summed E-state index contributed by atoms with van der Waals surface area (Å²) in [5.74, 6) is -0.427. The molecule has 0 bridgehead atoms. The number of hydrogen-bond donors (Lipinski definition) is 1. The molecule has 0 atom stereocenters. The van der Waals surface area contributed by atoms with E-state index in [9.17, 15) is 4.39 Å². The Morgan fingerprint density at radius 1 is 1.45 bits per heavy atom. The standard InChI is InChI=1S/C7H4ClFN2/c8-6-5(9)2-1-4-3-10-11-7(4)6/h1-3H,(H,10,11). The van der Waals surface area contributed by atoms with E-state index >= 15 is 0 Å². The zero-order valence-electron chi connectivity index (χ0n) is 5.44. The van der Waals surface area contributed by atoms with E-state index in [1.54, 1.807) is 12.3 Å². The highest BCUT2D eigenvalue weighted by Gasteiger charge is 2.04. The highest BCUT2D eigenvalue weighted by molar-refractivity contribution is 6.35. The number of rotatable bonds is 0. The van der Waals surface area contributed by atoms with Gasteiger partial charge < -0.3 is 0 Å². The van der Waals surface area contributed by atoms with Crippen LogP contribution in [0.2, 0.25) is 5.02 Å². The number of fused-ring (bicyclic) bond motifs is 1. The third-order valence-electron chi connectivity index (χ3n) is 1.51. The van der Waals surface area contributed by atoms with Crippen molar-refractivity contribution in [3.63, 3.8) is 0 Å². The number of aromatic amines is 1. The topological polar surface area (TPSA) is 28.7 Å². The van der Waals surface area contributed by atoms with Crippen LogP contribution in [-0.2, 0) is 0 Å². The van der Waals surface area contributed by atoms with Crippen molar-refractivity contribution in [2.75, 3.05) is 0 Å². The predicted octanol–water partition coefficient (Wildman–Crippen LogP) is 2.36. The molecule has 0 saturated carbocycles. The van der Waals surface area contributed by atoms with Crippen molar-refractivity contribution in [2.45, 2.75) is 0 Å². The van der Waals surface area contributed by atoms with Crippen LogP contribution < -0.4 is 0 Å². The van der Waals surface area contributed by atoms with Gasteiger partial charge in [0.2, 0.25) is 0 Å². The molecule has 1 aromatic carbocycles. The molecule has 56 valence electrons. The summed E-state index contributed by atoms with van der Waals surface area (Å²) >= 11 is 5.62. The molecule has 0 aliphatic rings. The maximum atomic E-state index is 12.7. The van der Waals surface area contributed by atoms with Gasteiger partial charge in [-0.2, -0.15) is 5.10 Å². The third-order valence-corrected chi connectivity index (χ3v) is 1.88. The quantitative estimate of drug-likeness (QED) is 0.646. The number of H-pyrrole nitrogens is 1. The summed E-state index contributed by atoms with van der Waals surface area (Å²) in [5.41, 5.74) is 0.548. The summed E-state index contributed by atoms with van der Waals surface area (Å²) in [5, 5.41) is 7.25. The first kappa shape index (κ1) is 6.61. The van der Waals surface area contributed by atoms with Crippen molar-refractivity contribution in [2.24, 2.45) is 0 Å². The lowest BCUT2D eigenvalue weighted by molar-refractivity contribution is 0.630. The number of hydrogen-bond acceptors (Lipinski definition) is 1. The minimum atomic E-state index is -0.427. The Morgan fingerprint density at radius 3 is 3.09 bits per heavy atom. The van der Waals surface area contributed by atoms with E-state index in [0.717, 1.165) is 5.39 Å². The lowest BCUT2D eigenvalue weighted by Crippen LogP contribution is -1.77. The average molecular weight is 171 g/mol. The van der Waals surface area contributed by atoms with Crippen molar-refractivity contribution in [1.29, 1.82) is 0 Å². The zero-order valence-corrected chi connectivity index (χ0v) is 6.19. The lowest BCUT2D eigenvalue weighted by Gasteiger charge is -1.92. The number of halogens is 2. The highest BCUT2D eigenvalue weighted by Crippen LogP contribution is 2.23. The van der Waals surface area contributed by atoms with Crippen molar-refractivity contribution in [3.8, 4) is 0 Å². The number of nitrogens with zero attached hydrogens (tertiary/aromatic N) is 1. The van der Waals surface area contributed by atoms with Crippen molar-refractivity contribution < 1.29 is 4.39 Å². The van der Waals surface area contributed by atoms with Crippen LogP contribution >= 0.6 is 11.6 Å². The zero-order chi connectivity index (χ0) is 7.84. The van der Waals surface area contributed by atoms with E-state index in [-0.39, 0.29) is 5.02 Å². The summed E-state index contributed by atoms with van der Waals surface area (Å²) in [6, 6.07) is 2.94. The van der Waals surface area contributed by atoms with Crippen LogP contribution in [0.15, 0.2) is 18.3 Å². The maximum absolute atomic E-state index is 12.7. The van der Waals surface area contributed by atoms with E-state index in [4.69, 9.17) is 11.6 Å². The normalized spacial score (nSPS) is 10.7. The van der Waals surface area contributed by atoms with E-state index < -0.39 is 5.82 Å². The minimum Gasteiger partial charge on any atom is -0.276 e. The van der Waals surface area contributed by atoms with Gasteiger partial charge >= 0.3 is 0 Å². The van der Waals surface area contributed by atoms with Gasteiger partial charge in [-0.3, -0.25) is 5.10 Å². The number of nitrogens with one attached hydrogen (secondary N) is 1. The molecule has 0 radical (unpaired) electrons. The molecule has 0 saturated heterocycles. The molecule has 4 heteroatoms. The molecule has 0 amide bonds. The molecule has 0 unspecified atom stereocenters. The van der Waals surface area contributed by atoms with Crippen LogP contribution in [0.1, 0.15) is 0 Å². The Morgan fingerprint density at radius 2 is 2.27 bits per heavy atom. The molecule has 2 nitrogen and oxygen atoms in total. The second-order valence-corrected chi connectivity index (χ2v) is 2.57. The van der Waals surface area contributed by atoms with Crippen LogP contribution in [0, 0.1) is 5.82 Å². The van der Waals surface area contributed by atoms with Gasteiger partial charge in [-0.1, -0.05) is 11.6 Å². The van der Waals surface area contributed by atoms with Crippen LogP contribution in [0.4, 0.5) is 4.39 Å². The Hall–Kier alpha value is -1.09. The Bertz CT molecular complexity index is 396. The van der Waals surface area contributed by atoms with Crippen LogP contribution in [0.25, 0.3) is 10.9 Å². The number of benzene rings is 1. The van der Waals surface area contributed by atoms with Gasteiger partial charge in [0.25, 0.3) is 0 Å². The van der Waals surface area contributed by atoms with Crippen LogP contribution in [0.3, 0.4) is 0 Å².